The van der Waals surface area contributed by atoms with Crippen LogP contribution in [0.5, 0.6) is 0 Å². The maximum Gasteiger partial charge on any atom is 0.279 e. The zero-order valence-electron chi connectivity index (χ0n) is 14.1. The lowest BCUT2D eigenvalue weighted by Gasteiger charge is -2.33. The van der Waals surface area contributed by atoms with E-state index in [-0.39, 0.29) is 12.0 Å². The second-order valence-electron chi connectivity index (χ2n) is 6.57. The molecule has 1 aliphatic carbocycles. The summed E-state index contributed by atoms with van der Waals surface area (Å²) in [7, 11) is -3.46. The largest absolute Gasteiger partial charge is 0.338 e. The Labute approximate surface area is 161 Å². The summed E-state index contributed by atoms with van der Waals surface area (Å²) in [5.74, 6) is 0.910. The van der Waals surface area contributed by atoms with Crippen LogP contribution in [0.15, 0.2) is 47.2 Å². The molecule has 0 bridgehead atoms. The lowest BCUT2D eigenvalue weighted by Crippen LogP contribution is -2.52. The van der Waals surface area contributed by atoms with Crippen LogP contribution in [0.2, 0.25) is 0 Å². The fourth-order valence-corrected chi connectivity index (χ4v) is 4.90. The van der Waals surface area contributed by atoms with Gasteiger partial charge in [-0.05, 0) is 27.9 Å². The molecule has 1 saturated carbocycles. The van der Waals surface area contributed by atoms with Crippen LogP contribution in [0.1, 0.15) is 17.9 Å². The number of anilines is 1. The van der Waals surface area contributed by atoms with E-state index < -0.39 is 10.2 Å². The number of rotatable bonds is 5. The summed E-state index contributed by atoms with van der Waals surface area (Å²) in [6.07, 6.45) is 4.25. The Morgan fingerprint density at radius 2 is 1.69 bits per heavy atom. The lowest BCUT2D eigenvalue weighted by molar-refractivity contribution is 0.375. The van der Waals surface area contributed by atoms with E-state index in [1.807, 2.05) is 23.1 Å². The van der Waals surface area contributed by atoms with Gasteiger partial charge in [0, 0.05) is 50.5 Å². The minimum Gasteiger partial charge on any atom is -0.338 e. The predicted octanol–water partition coefficient (Wildman–Crippen LogP) is 1.75. The quantitative estimate of drug-likeness (QED) is 0.770. The van der Waals surface area contributed by atoms with Gasteiger partial charge in [-0.2, -0.15) is 17.4 Å². The van der Waals surface area contributed by atoms with E-state index in [0.29, 0.717) is 32.1 Å². The van der Waals surface area contributed by atoms with E-state index in [4.69, 9.17) is 0 Å². The van der Waals surface area contributed by atoms with Crippen LogP contribution in [-0.4, -0.2) is 54.9 Å². The van der Waals surface area contributed by atoms with Gasteiger partial charge in [0.05, 0.1) is 4.47 Å². The summed E-state index contributed by atoms with van der Waals surface area (Å²) in [5.41, 5.74) is 1.19. The number of piperazine rings is 1. The number of hydrogen-bond acceptors (Lipinski definition) is 5. The normalized spacial score (nSPS) is 23.8. The van der Waals surface area contributed by atoms with Gasteiger partial charge in [-0.1, -0.05) is 30.3 Å². The van der Waals surface area contributed by atoms with Gasteiger partial charge in [0.2, 0.25) is 5.95 Å². The third-order valence-electron chi connectivity index (χ3n) is 4.79. The van der Waals surface area contributed by atoms with Gasteiger partial charge in [0.25, 0.3) is 10.2 Å². The van der Waals surface area contributed by atoms with Crippen LogP contribution < -0.4 is 9.62 Å². The van der Waals surface area contributed by atoms with Gasteiger partial charge in [0.15, 0.2) is 0 Å². The first kappa shape index (κ1) is 17.8. The Morgan fingerprint density at radius 3 is 2.35 bits per heavy atom. The van der Waals surface area contributed by atoms with Crippen LogP contribution in [0.3, 0.4) is 0 Å². The summed E-state index contributed by atoms with van der Waals surface area (Å²) in [6.45, 7) is 2.01. The molecule has 1 saturated heterocycles. The molecule has 0 radical (unpaired) electrons. The van der Waals surface area contributed by atoms with Crippen molar-refractivity contribution in [1.82, 2.24) is 19.0 Å². The standard InChI is InChI=1S/C17H20BrN5O2S/c18-14-11-19-17(20-12-14)22-6-8-23(9-7-22)26(24,25)21-16-10-15(16)13-4-2-1-3-5-13/h1-5,11-12,15-16,21H,6-10H2/t15-,16+/m0/s1. The Bertz CT molecular complexity index is 854. The van der Waals surface area contributed by atoms with Gasteiger partial charge >= 0.3 is 0 Å². The van der Waals surface area contributed by atoms with Crippen LogP contribution in [-0.2, 0) is 10.2 Å². The molecule has 2 aromatic rings. The Hall–Kier alpha value is -1.55. The average Bonchev–Trinajstić information content (AvgIpc) is 3.41. The van der Waals surface area contributed by atoms with Crippen molar-refractivity contribution in [3.05, 3.63) is 52.8 Å². The molecule has 9 heteroatoms. The minimum absolute atomic E-state index is 0.00441. The van der Waals surface area contributed by atoms with Crippen LogP contribution in [0, 0.1) is 0 Å². The van der Waals surface area contributed by atoms with Crippen LogP contribution in [0.25, 0.3) is 0 Å². The topological polar surface area (TPSA) is 78.4 Å². The van der Waals surface area contributed by atoms with E-state index in [1.54, 1.807) is 12.4 Å². The Kier molecular flexibility index (Phi) is 4.96. The molecule has 0 unspecified atom stereocenters. The molecule has 4 rings (SSSR count). The van der Waals surface area contributed by atoms with Gasteiger partial charge in [0.1, 0.15) is 0 Å². The van der Waals surface area contributed by atoms with Crippen LogP contribution >= 0.6 is 15.9 Å². The van der Waals surface area contributed by atoms with Gasteiger partial charge in [-0.3, -0.25) is 0 Å². The summed E-state index contributed by atoms with van der Waals surface area (Å²) in [4.78, 5) is 10.6. The van der Waals surface area contributed by atoms with Gasteiger partial charge < -0.3 is 4.90 Å². The fourth-order valence-electron chi connectivity index (χ4n) is 3.26. The zero-order valence-corrected chi connectivity index (χ0v) is 16.5. The molecule has 1 aliphatic heterocycles. The minimum atomic E-state index is -3.46. The molecule has 1 aromatic heterocycles. The Balaban J connectivity index is 1.33. The maximum absolute atomic E-state index is 12.7. The fraction of sp³-hybridized carbons (Fsp3) is 0.412. The predicted molar refractivity (Wildman–Crippen MR) is 103 cm³/mol. The van der Waals surface area contributed by atoms with Gasteiger partial charge in [-0.25, -0.2) is 9.97 Å². The molecular weight excluding hydrogens is 418 g/mol. The summed E-state index contributed by atoms with van der Waals surface area (Å²) >= 11 is 3.32. The number of nitrogens with zero attached hydrogens (tertiary/aromatic N) is 4. The molecular formula is C17H20BrN5O2S. The molecule has 2 atom stereocenters. The summed E-state index contributed by atoms with van der Waals surface area (Å²) in [6, 6.07) is 10.0. The lowest BCUT2D eigenvalue weighted by atomic mass is 10.1. The highest BCUT2D eigenvalue weighted by molar-refractivity contribution is 9.10. The first-order valence-electron chi connectivity index (χ1n) is 8.58. The zero-order chi connectivity index (χ0) is 18.1. The second kappa shape index (κ2) is 7.22. The van der Waals surface area contributed by atoms with Crippen molar-refractivity contribution in [3.8, 4) is 0 Å². The Morgan fingerprint density at radius 1 is 1.04 bits per heavy atom. The van der Waals surface area contributed by atoms with E-state index >= 15 is 0 Å². The van der Waals surface area contributed by atoms with E-state index in [1.165, 1.54) is 9.87 Å². The third kappa shape index (κ3) is 3.90. The first-order valence-corrected chi connectivity index (χ1v) is 10.8. The number of hydrogen-bond donors (Lipinski definition) is 1. The molecule has 0 amide bonds. The van der Waals surface area contributed by atoms with Crippen LogP contribution in [0.4, 0.5) is 5.95 Å². The van der Waals surface area contributed by atoms with E-state index in [0.717, 1.165) is 10.9 Å². The van der Waals surface area contributed by atoms with E-state index in [9.17, 15) is 8.42 Å². The highest BCUT2D eigenvalue weighted by Gasteiger charge is 2.42. The third-order valence-corrected chi connectivity index (χ3v) is 6.84. The van der Waals surface area contributed by atoms with E-state index in [2.05, 4.69) is 42.8 Å². The van der Waals surface area contributed by atoms with Crippen molar-refractivity contribution in [2.75, 3.05) is 31.1 Å². The van der Waals surface area contributed by atoms with Crippen molar-refractivity contribution < 1.29 is 8.42 Å². The van der Waals surface area contributed by atoms with Gasteiger partial charge in [-0.15, -0.1) is 0 Å². The van der Waals surface area contributed by atoms with Crippen molar-refractivity contribution in [3.63, 3.8) is 0 Å². The molecule has 7 nitrogen and oxygen atoms in total. The highest BCUT2D eigenvalue weighted by Crippen LogP contribution is 2.41. The van der Waals surface area contributed by atoms with Crippen molar-refractivity contribution in [2.45, 2.75) is 18.4 Å². The molecule has 1 N–H and O–H groups in total. The van der Waals surface area contributed by atoms with Crippen molar-refractivity contribution in [2.24, 2.45) is 0 Å². The average molecular weight is 438 g/mol. The number of aromatic nitrogens is 2. The van der Waals surface area contributed by atoms with Crippen molar-refractivity contribution >= 4 is 32.1 Å². The first-order chi connectivity index (χ1) is 12.5. The maximum atomic E-state index is 12.7. The molecule has 0 spiro atoms. The number of benzene rings is 1. The summed E-state index contributed by atoms with van der Waals surface area (Å²) < 4.78 is 30.5. The molecule has 2 aliphatic rings. The molecule has 2 fully saturated rings. The smallest absolute Gasteiger partial charge is 0.279 e. The second-order valence-corrected chi connectivity index (χ2v) is 9.19. The molecule has 2 heterocycles. The number of halogens is 1. The molecule has 1 aromatic carbocycles. The van der Waals surface area contributed by atoms with Crippen molar-refractivity contribution in [1.29, 1.82) is 0 Å². The monoisotopic (exact) mass is 437 g/mol. The number of nitrogens with one attached hydrogen (secondary N) is 1. The summed E-state index contributed by atoms with van der Waals surface area (Å²) in [5, 5.41) is 0. The SMILES string of the molecule is O=S(=O)(N[C@@H]1C[C@H]1c1ccccc1)N1CCN(c2ncc(Br)cn2)CC1. The molecule has 138 valence electrons. The molecule has 26 heavy (non-hydrogen) atoms. The highest BCUT2D eigenvalue weighted by atomic mass is 79.9.